The number of hydrogen-bond donors (Lipinski definition) is 0. The van der Waals surface area contributed by atoms with Crippen LogP contribution in [0.1, 0.15) is 23.5 Å². The molecular formula is C108H70N6OS. The highest BCUT2D eigenvalue weighted by Crippen LogP contribution is 2.47. The van der Waals surface area contributed by atoms with Crippen LogP contribution in [0.2, 0.25) is 0 Å². The molecule has 116 heavy (non-hydrogen) atoms. The van der Waals surface area contributed by atoms with Crippen molar-refractivity contribution in [3.05, 3.63) is 418 Å². The zero-order chi connectivity index (χ0) is 76.3. The van der Waals surface area contributed by atoms with Crippen molar-refractivity contribution in [1.29, 1.82) is 0 Å². The average molecular weight is 1500 g/mol. The number of furan rings is 1. The highest BCUT2D eigenvalue weighted by molar-refractivity contribution is 7.00. The van der Waals surface area contributed by atoms with E-state index in [1.807, 2.05) is 12.1 Å². The van der Waals surface area contributed by atoms with Gasteiger partial charge in [0.15, 0.2) is 0 Å². The maximum atomic E-state index is 6.31. The number of nitrogens with zero attached hydrogens (tertiary/aromatic N) is 6. The van der Waals surface area contributed by atoms with Crippen LogP contribution in [-0.2, 0) is 0 Å². The predicted molar refractivity (Wildman–Crippen MR) is 486 cm³/mol. The molecule has 0 aliphatic heterocycles. The summed E-state index contributed by atoms with van der Waals surface area (Å²) in [7, 11) is 0. The minimum Gasteiger partial charge on any atom is -0.456 e. The predicted octanol–water partition coefficient (Wildman–Crippen LogP) is 29.5. The summed E-state index contributed by atoms with van der Waals surface area (Å²) in [6, 6.07) is 142. The van der Waals surface area contributed by atoms with Gasteiger partial charge in [-0.05, 0) is 218 Å². The van der Waals surface area contributed by atoms with Gasteiger partial charge in [0, 0.05) is 83.0 Å². The monoisotopic (exact) mass is 1500 g/mol. The second-order valence-corrected chi connectivity index (χ2v) is 30.9. The zero-order valence-corrected chi connectivity index (χ0v) is 63.8. The van der Waals surface area contributed by atoms with E-state index in [9.17, 15) is 0 Å². The molecule has 22 aromatic rings. The van der Waals surface area contributed by atoms with E-state index in [2.05, 4.69) is 413 Å². The van der Waals surface area contributed by atoms with E-state index in [1.165, 1.54) is 111 Å². The summed E-state index contributed by atoms with van der Waals surface area (Å²) in [5.41, 5.74) is 34.4. The van der Waals surface area contributed by atoms with Crippen LogP contribution in [0.5, 0.6) is 0 Å². The quantitative estimate of drug-likeness (QED) is 0.109. The molecule has 23 rings (SSSR count). The van der Waals surface area contributed by atoms with Crippen LogP contribution in [0.25, 0.3) is 188 Å². The average Bonchev–Trinajstić information content (AvgIpc) is 1.57. The Hall–Kier alpha value is -15.0. The lowest BCUT2D eigenvalue weighted by molar-refractivity contribution is 0.669. The number of rotatable bonds is 14. The van der Waals surface area contributed by atoms with Crippen molar-refractivity contribution >= 4 is 133 Å². The summed E-state index contributed by atoms with van der Waals surface area (Å²) in [6.45, 7) is 0. The lowest BCUT2D eigenvalue weighted by Crippen LogP contribution is -2.10. The number of allylic oxidation sites excluding steroid dienone is 4. The van der Waals surface area contributed by atoms with E-state index < -0.39 is 0 Å². The Morgan fingerprint density at radius 3 is 1.36 bits per heavy atom. The van der Waals surface area contributed by atoms with Gasteiger partial charge in [-0.2, -0.15) is 8.75 Å². The number of hydrogen-bond acceptors (Lipinski definition) is 5. The lowest BCUT2D eigenvalue weighted by atomic mass is 9.87. The van der Waals surface area contributed by atoms with Gasteiger partial charge in [0.2, 0.25) is 0 Å². The molecule has 0 N–H and O–H groups in total. The van der Waals surface area contributed by atoms with Crippen molar-refractivity contribution < 1.29 is 4.42 Å². The molecule has 1 atom stereocenters. The molecule has 1 aliphatic rings. The minimum atomic E-state index is 0.210. The molecule has 0 saturated heterocycles. The zero-order valence-electron chi connectivity index (χ0n) is 63.0. The van der Waals surface area contributed by atoms with Gasteiger partial charge in [-0.15, -0.1) is 0 Å². The fourth-order valence-electron chi connectivity index (χ4n) is 18.3. The first-order valence-corrected chi connectivity index (χ1v) is 40.4. The van der Waals surface area contributed by atoms with Crippen LogP contribution in [0.4, 0.5) is 17.1 Å². The van der Waals surface area contributed by atoms with Gasteiger partial charge in [-0.1, -0.05) is 273 Å². The largest absolute Gasteiger partial charge is 0.456 e. The molecule has 5 aromatic heterocycles. The molecule has 17 aromatic carbocycles. The molecule has 0 radical (unpaired) electrons. The Morgan fingerprint density at radius 2 is 0.733 bits per heavy atom. The molecule has 0 amide bonds. The van der Waals surface area contributed by atoms with Crippen molar-refractivity contribution in [3.63, 3.8) is 0 Å². The van der Waals surface area contributed by atoms with Crippen molar-refractivity contribution in [2.45, 2.75) is 12.3 Å². The number of benzene rings is 17. The Morgan fingerprint density at radius 1 is 0.293 bits per heavy atom. The molecule has 0 spiro atoms. The summed E-state index contributed by atoms with van der Waals surface area (Å²) in [5.74, 6) is 0.210. The third kappa shape index (κ3) is 11.2. The molecule has 8 heteroatoms. The third-order valence-corrected chi connectivity index (χ3v) is 24.5. The molecule has 0 bridgehead atoms. The fourth-order valence-corrected chi connectivity index (χ4v) is 18.8. The summed E-state index contributed by atoms with van der Waals surface area (Å²) >= 11 is 1.25. The topological polar surface area (TPSA) is 57.0 Å². The van der Waals surface area contributed by atoms with E-state index in [0.29, 0.717) is 0 Å². The maximum Gasteiger partial charge on any atom is 0.136 e. The molecule has 544 valence electrons. The van der Waals surface area contributed by atoms with Crippen LogP contribution in [-0.4, -0.2) is 22.4 Å². The van der Waals surface area contributed by atoms with Gasteiger partial charge in [0.1, 0.15) is 22.2 Å². The number of aromatic nitrogens is 5. The Labute approximate surface area is 673 Å². The maximum absolute atomic E-state index is 6.31. The highest BCUT2D eigenvalue weighted by atomic mass is 32.1. The normalized spacial score (nSPS) is 13.1. The van der Waals surface area contributed by atoms with Crippen molar-refractivity contribution in [1.82, 2.24) is 22.4 Å². The number of anilines is 3. The highest BCUT2D eigenvalue weighted by Gasteiger charge is 2.25. The third-order valence-electron chi connectivity index (χ3n) is 23.9. The first-order valence-electron chi connectivity index (χ1n) is 39.7. The smallest absolute Gasteiger partial charge is 0.136 e. The van der Waals surface area contributed by atoms with Gasteiger partial charge in [-0.25, -0.2) is 0 Å². The van der Waals surface area contributed by atoms with E-state index >= 15 is 0 Å². The molecule has 1 aliphatic carbocycles. The molecule has 5 heterocycles. The second kappa shape index (κ2) is 27.5. The minimum absolute atomic E-state index is 0.210. The van der Waals surface area contributed by atoms with Crippen LogP contribution in [0.3, 0.4) is 0 Å². The van der Waals surface area contributed by atoms with E-state index in [0.717, 1.165) is 123 Å². The summed E-state index contributed by atoms with van der Waals surface area (Å²) in [4.78, 5) is 2.30. The van der Waals surface area contributed by atoms with Crippen LogP contribution < -0.4 is 4.90 Å². The van der Waals surface area contributed by atoms with Crippen molar-refractivity contribution in [2.24, 2.45) is 0 Å². The van der Waals surface area contributed by atoms with Crippen molar-refractivity contribution in [3.8, 4) is 83.8 Å². The van der Waals surface area contributed by atoms with Gasteiger partial charge in [-0.3, -0.25) is 0 Å². The molecular weight excluding hydrogens is 1430 g/mol. The van der Waals surface area contributed by atoms with Gasteiger partial charge < -0.3 is 23.0 Å². The molecule has 7 nitrogen and oxygen atoms in total. The summed E-state index contributed by atoms with van der Waals surface area (Å²) in [6.07, 6.45) is 8.10. The number of fused-ring (bicyclic) bond motifs is 13. The van der Waals surface area contributed by atoms with Crippen molar-refractivity contribution in [2.75, 3.05) is 4.90 Å². The summed E-state index contributed by atoms with van der Waals surface area (Å²) in [5, 5.41) is 9.59. The Kier molecular flexibility index (Phi) is 15.8. The lowest BCUT2D eigenvalue weighted by Gasteiger charge is -2.26. The Bertz CT molecular complexity index is 7680. The standard InChI is InChI=1S/C108H70N6OS/c1-4-17-69(18-5-1)71-39-51-86(52-40-71)113-97-27-13-10-23-90(97)92-59-47-81(67-102(92)113)75-35-31-73(32-36-75)79-49-62-99-95(65-79)96-66-80(74-33-37-76(38-34-74)82-48-60-93-91-24-11-14-28-98(91)114(103(93)68-82)87-53-41-72(42-54-87)70-19-6-2-7-20-70)50-63-100(96)112(99)85-57-45-78(46-58-85)89-61-64-101(108-107(89)109-116-110-108)111(83-21-8-3-9-22-83)84-55-43-77(44-56-84)88-26-16-30-105-106(88)94-25-12-15-29-104(94)115-105/h1-37,39-68,76H,38H2. The van der Waals surface area contributed by atoms with Crippen LogP contribution in [0.15, 0.2) is 411 Å². The van der Waals surface area contributed by atoms with Crippen LogP contribution >= 0.6 is 11.7 Å². The van der Waals surface area contributed by atoms with Gasteiger partial charge >= 0.3 is 0 Å². The molecule has 0 fully saturated rings. The van der Waals surface area contributed by atoms with Crippen LogP contribution in [0, 0.1) is 0 Å². The SMILES string of the molecule is C1=CC(c2ccc3c4ccccc4n(-c4ccc(-c5ccccc5)cc4)c3c2)CC=C1c1ccc2c(c1)c1cc(-c3ccc(-c4ccc5c6ccccc6n(-c6ccc(-c7ccccc7)cc6)c5c4)cc3)ccc1n2-c1ccc(-c2ccc(N(c3ccccc3)c3ccc(-c4cccc5oc6ccccc6c45)cc3)c3nsnc23)cc1. The first-order chi connectivity index (χ1) is 57.5. The summed E-state index contributed by atoms with van der Waals surface area (Å²) < 4.78 is 23.7. The van der Waals surface area contributed by atoms with E-state index in [-0.39, 0.29) is 5.92 Å². The van der Waals surface area contributed by atoms with Gasteiger partial charge in [0.25, 0.3) is 0 Å². The molecule has 0 saturated carbocycles. The number of para-hydroxylation sites is 4. The molecule has 1 unspecified atom stereocenters. The fraction of sp³-hybridized carbons (Fsp3) is 0.0185. The van der Waals surface area contributed by atoms with Gasteiger partial charge in [0.05, 0.1) is 50.5 Å². The first kappa shape index (κ1) is 66.8. The van der Waals surface area contributed by atoms with E-state index in [1.54, 1.807) is 0 Å². The van der Waals surface area contributed by atoms with E-state index in [4.69, 9.17) is 13.2 Å². The second-order valence-electron chi connectivity index (χ2n) is 30.4. The Balaban J connectivity index is 0.590.